The number of rotatable bonds is 6. The van der Waals surface area contributed by atoms with Crippen LogP contribution in [0.25, 0.3) is 0 Å². The van der Waals surface area contributed by atoms with Crippen LogP contribution in [0, 0.1) is 13.8 Å². The number of ether oxygens (including phenoxy) is 2. The van der Waals surface area contributed by atoms with Gasteiger partial charge in [0.25, 0.3) is 0 Å². The fourth-order valence-corrected chi connectivity index (χ4v) is 2.27. The first-order valence-electron chi connectivity index (χ1n) is 7.33. The van der Waals surface area contributed by atoms with E-state index >= 15 is 0 Å². The third kappa shape index (κ3) is 4.63. The first-order chi connectivity index (χ1) is 11.0. The Morgan fingerprint density at radius 1 is 1.13 bits per heavy atom. The van der Waals surface area contributed by atoms with E-state index in [9.17, 15) is 4.79 Å². The van der Waals surface area contributed by atoms with E-state index in [0.29, 0.717) is 23.1 Å². The van der Waals surface area contributed by atoms with Crippen molar-refractivity contribution in [2.75, 3.05) is 19.0 Å². The molecule has 0 aromatic heterocycles. The molecular weight excluding hydrogens is 314 g/mol. The van der Waals surface area contributed by atoms with E-state index in [4.69, 9.17) is 21.1 Å². The molecule has 1 amide bonds. The smallest absolute Gasteiger partial charge is 0.227 e. The molecule has 0 bridgehead atoms. The van der Waals surface area contributed by atoms with Gasteiger partial charge in [-0.3, -0.25) is 4.79 Å². The lowest BCUT2D eigenvalue weighted by Crippen LogP contribution is -2.16. The zero-order valence-electron chi connectivity index (χ0n) is 13.5. The maximum Gasteiger partial charge on any atom is 0.227 e. The number of anilines is 1. The van der Waals surface area contributed by atoms with Crippen LogP contribution < -0.4 is 14.8 Å². The van der Waals surface area contributed by atoms with Crippen molar-refractivity contribution in [3.63, 3.8) is 0 Å². The molecule has 122 valence electrons. The van der Waals surface area contributed by atoms with Crippen molar-refractivity contribution in [3.05, 3.63) is 52.5 Å². The van der Waals surface area contributed by atoms with Crippen LogP contribution in [-0.4, -0.2) is 19.6 Å². The molecule has 1 N–H and O–H groups in total. The number of amides is 1. The largest absolute Gasteiger partial charge is 0.495 e. The van der Waals surface area contributed by atoms with Gasteiger partial charge in [-0.15, -0.1) is 0 Å². The van der Waals surface area contributed by atoms with E-state index in [0.717, 1.165) is 16.9 Å². The highest BCUT2D eigenvalue weighted by Gasteiger charge is 2.10. The summed E-state index contributed by atoms with van der Waals surface area (Å²) in [5.41, 5.74) is 2.53. The molecule has 5 heteroatoms. The van der Waals surface area contributed by atoms with Crippen molar-refractivity contribution in [2.24, 2.45) is 0 Å². The number of hydrogen-bond acceptors (Lipinski definition) is 3. The molecule has 0 aliphatic rings. The molecule has 0 aliphatic heterocycles. The molecule has 0 heterocycles. The molecule has 2 rings (SSSR count). The topological polar surface area (TPSA) is 47.6 Å². The summed E-state index contributed by atoms with van der Waals surface area (Å²) in [5, 5.41) is 3.43. The van der Waals surface area contributed by atoms with Crippen LogP contribution >= 0.6 is 11.6 Å². The molecule has 2 aromatic rings. The number of carbonyl (C=O) groups excluding carboxylic acids is 1. The Morgan fingerprint density at radius 2 is 1.87 bits per heavy atom. The van der Waals surface area contributed by atoms with Crippen LogP contribution in [0.1, 0.15) is 17.5 Å². The maximum atomic E-state index is 12.1. The normalized spacial score (nSPS) is 10.3. The fraction of sp³-hybridized carbons (Fsp3) is 0.278. The summed E-state index contributed by atoms with van der Waals surface area (Å²) in [5.74, 6) is 1.19. The average Bonchev–Trinajstić information content (AvgIpc) is 2.52. The van der Waals surface area contributed by atoms with Gasteiger partial charge in [0, 0.05) is 11.1 Å². The zero-order valence-corrected chi connectivity index (χ0v) is 14.2. The summed E-state index contributed by atoms with van der Waals surface area (Å²) < 4.78 is 10.9. The lowest BCUT2D eigenvalue weighted by Gasteiger charge is -2.13. The number of para-hydroxylation sites is 1. The summed E-state index contributed by atoms with van der Waals surface area (Å²) in [6.07, 6.45) is 0.249. The van der Waals surface area contributed by atoms with E-state index in [1.54, 1.807) is 12.1 Å². The minimum absolute atomic E-state index is 0.140. The number of halogens is 1. The Balaban J connectivity index is 1.93. The van der Waals surface area contributed by atoms with Gasteiger partial charge >= 0.3 is 0 Å². The van der Waals surface area contributed by atoms with Gasteiger partial charge < -0.3 is 14.8 Å². The first kappa shape index (κ1) is 17.2. The summed E-state index contributed by atoms with van der Waals surface area (Å²) in [6.45, 7) is 4.15. The standard InChI is InChI=1S/C18H20ClNO3/c1-12-6-4-5-7-16(12)23-9-8-18(21)20-15-10-13(2)14(19)11-17(15)22-3/h4-7,10-11H,8-9H2,1-3H3,(H,20,21). The van der Waals surface area contributed by atoms with Crippen LogP contribution in [0.2, 0.25) is 5.02 Å². The lowest BCUT2D eigenvalue weighted by atomic mass is 10.2. The number of methoxy groups -OCH3 is 1. The van der Waals surface area contributed by atoms with E-state index in [-0.39, 0.29) is 12.3 Å². The van der Waals surface area contributed by atoms with Gasteiger partial charge in [0.15, 0.2) is 0 Å². The van der Waals surface area contributed by atoms with Crippen LogP contribution in [0.4, 0.5) is 5.69 Å². The number of benzene rings is 2. The highest BCUT2D eigenvalue weighted by Crippen LogP contribution is 2.31. The fourth-order valence-electron chi connectivity index (χ4n) is 2.11. The molecule has 0 aliphatic carbocycles. The second kappa shape index (κ2) is 7.88. The highest BCUT2D eigenvalue weighted by atomic mass is 35.5. The van der Waals surface area contributed by atoms with Gasteiger partial charge in [0.2, 0.25) is 5.91 Å². The Hall–Kier alpha value is -2.20. The molecule has 4 nitrogen and oxygen atoms in total. The van der Waals surface area contributed by atoms with E-state index < -0.39 is 0 Å². The molecule has 0 fully saturated rings. The molecule has 0 saturated carbocycles. The Morgan fingerprint density at radius 3 is 2.57 bits per heavy atom. The zero-order chi connectivity index (χ0) is 16.8. The second-order valence-electron chi connectivity index (χ2n) is 5.21. The summed E-state index contributed by atoms with van der Waals surface area (Å²) in [6, 6.07) is 11.2. The number of aryl methyl sites for hydroxylation is 2. The van der Waals surface area contributed by atoms with Crippen LogP contribution in [0.5, 0.6) is 11.5 Å². The van der Waals surface area contributed by atoms with Crippen LogP contribution in [0.3, 0.4) is 0 Å². The van der Waals surface area contributed by atoms with Gasteiger partial charge in [0.1, 0.15) is 11.5 Å². The van der Waals surface area contributed by atoms with Gasteiger partial charge in [-0.05, 0) is 37.1 Å². The molecular formula is C18H20ClNO3. The quantitative estimate of drug-likeness (QED) is 0.853. The maximum absolute atomic E-state index is 12.1. The Bertz CT molecular complexity index is 701. The Labute approximate surface area is 141 Å². The number of nitrogens with one attached hydrogen (secondary N) is 1. The van der Waals surface area contributed by atoms with Gasteiger partial charge in [0.05, 0.1) is 25.8 Å². The van der Waals surface area contributed by atoms with Gasteiger partial charge in [-0.1, -0.05) is 29.8 Å². The van der Waals surface area contributed by atoms with Crippen molar-refractivity contribution in [2.45, 2.75) is 20.3 Å². The molecule has 2 aromatic carbocycles. The minimum Gasteiger partial charge on any atom is -0.495 e. The van der Waals surface area contributed by atoms with Crippen molar-refractivity contribution < 1.29 is 14.3 Å². The van der Waals surface area contributed by atoms with E-state index in [2.05, 4.69) is 5.32 Å². The van der Waals surface area contributed by atoms with E-state index in [1.807, 2.05) is 38.1 Å². The average molecular weight is 334 g/mol. The lowest BCUT2D eigenvalue weighted by molar-refractivity contribution is -0.116. The number of carbonyl (C=O) groups is 1. The second-order valence-corrected chi connectivity index (χ2v) is 5.62. The summed E-state index contributed by atoms with van der Waals surface area (Å²) in [7, 11) is 1.54. The van der Waals surface area contributed by atoms with Crippen molar-refractivity contribution in [3.8, 4) is 11.5 Å². The molecule has 0 radical (unpaired) electrons. The minimum atomic E-state index is -0.140. The molecule has 0 unspecified atom stereocenters. The summed E-state index contributed by atoms with van der Waals surface area (Å²) in [4.78, 5) is 12.1. The van der Waals surface area contributed by atoms with Crippen LogP contribution in [-0.2, 0) is 4.79 Å². The van der Waals surface area contributed by atoms with Gasteiger partial charge in [-0.2, -0.15) is 0 Å². The monoisotopic (exact) mass is 333 g/mol. The predicted octanol–water partition coefficient (Wildman–Crippen LogP) is 4.37. The molecule has 0 atom stereocenters. The summed E-state index contributed by atoms with van der Waals surface area (Å²) >= 11 is 6.05. The van der Waals surface area contributed by atoms with E-state index in [1.165, 1.54) is 7.11 Å². The molecule has 23 heavy (non-hydrogen) atoms. The number of hydrogen-bond donors (Lipinski definition) is 1. The van der Waals surface area contributed by atoms with Crippen molar-refractivity contribution >= 4 is 23.2 Å². The van der Waals surface area contributed by atoms with Crippen LogP contribution in [0.15, 0.2) is 36.4 Å². The highest BCUT2D eigenvalue weighted by molar-refractivity contribution is 6.31. The molecule has 0 spiro atoms. The van der Waals surface area contributed by atoms with Crippen molar-refractivity contribution in [1.82, 2.24) is 0 Å². The SMILES string of the molecule is COc1cc(Cl)c(C)cc1NC(=O)CCOc1ccccc1C. The third-order valence-electron chi connectivity index (χ3n) is 3.44. The molecule has 0 saturated heterocycles. The third-order valence-corrected chi connectivity index (χ3v) is 3.84. The van der Waals surface area contributed by atoms with Gasteiger partial charge in [-0.25, -0.2) is 0 Å². The first-order valence-corrected chi connectivity index (χ1v) is 7.71. The Kier molecular flexibility index (Phi) is 5.88. The predicted molar refractivity (Wildman–Crippen MR) is 92.7 cm³/mol. The van der Waals surface area contributed by atoms with Crippen molar-refractivity contribution in [1.29, 1.82) is 0 Å².